The quantitative estimate of drug-likeness (QED) is 0.384. The molecule has 0 rings (SSSR count). The summed E-state index contributed by atoms with van der Waals surface area (Å²) in [5, 5.41) is 34.2. The van der Waals surface area contributed by atoms with E-state index in [4.69, 9.17) is 20.1 Å². The van der Waals surface area contributed by atoms with Gasteiger partial charge in [0.05, 0.1) is 0 Å². The van der Waals surface area contributed by atoms with Crippen molar-refractivity contribution >= 4 is 14.2 Å². The van der Waals surface area contributed by atoms with Crippen molar-refractivity contribution in [3.05, 3.63) is 11.4 Å². The molecule has 0 unspecified atom stereocenters. The molecule has 0 atom stereocenters. The highest BCUT2D eigenvalue weighted by Crippen LogP contribution is 2.05. The molecule has 0 aromatic rings. The van der Waals surface area contributed by atoms with Crippen LogP contribution in [0.25, 0.3) is 0 Å². The first-order valence-electron chi connectivity index (χ1n) is 3.50. The Morgan fingerprint density at radius 2 is 1.82 bits per heavy atom. The van der Waals surface area contributed by atoms with E-state index >= 15 is 0 Å². The molecule has 0 spiro atoms. The molecule has 0 saturated carbocycles. The van der Waals surface area contributed by atoms with Crippen LogP contribution in [0, 0.1) is 0 Å². The van der Waals surface area contributed by atoms with E-state index in [1.54, 1.807) is 0 Å². The lowest BCUT2D eigenvalue weighted by Crippen LogP contribution is -2.19. The van der Waals surface area contributed by atoms with Gasteiger partial charge in [-0.25, -0.2) is 0 Å². The van der Waals surface area contributed by atoms with Gasteiger partial charge in [0.15, 0.2) is 0 Å². The van der Waals surface area contributed by atoms with E-state index < -0.39 is 14.2 Å². The predicted molar refractivity (Wildman–Crippen MR) is 43.4 cm³/mol. The summed E-state index contributed by atoms with van der Waals surface area (Å²) in [5.41, 5.74) is 0.238. The van der Waals surface area contributed by atoms with Crippen molar-refractivity contribution < 1.29 is 20.1 Å². The van der Waals surface area contributed by atoms with Crippen LogP contribution < -0.4 is 0 Å². The number of rotatable bonds is 4. The van der Waals surface area contributed by atoms with Crippen molar-refractivity contribution in [3.8, 4) is 0 Å². The maximum Gasteiger partial charge on any atom is 0.483 e. The standard InChI is InChI=1S/C5H12B2O4/c1-2-3-5(7(10)11)4-6(8)9/h4,8-11H,2-3H2,1H3/b5-4-. The van der Waals surface area contributed by atoms with Gasteiger partial charge in [-0.2, -0.15) is 0 Å². The third-order valence-electron chi connectivity index (χ3n) is 1.23. The van der Waals surface area contributed by atoms with Crippen LogP contribution in [0.3, 0.4) is 0 Å². The van der Waals surface area contributed by atoms with Gasteiger partial charge in [-0.05, 0) is 11.9 Å². The van der Waals surface area contributed by atoms with Gasteiger partial charge in [-0.3, -0.25) is 0 Å². The molecule has 0 fully saturated rings. The molecule has 62 valence electrons. The summed E-state index contributed by atoms with van der Waals surface area (Å²) in [6.45, 7) is 1.86. The first-order chi connectivity index (χ1) is 5.07. The largest absolute Gasteiger partial charge is 0.483 e. The van der Waals surface area contributed by atoms with E-state index in [1.807, 2.05) is 6.92 Å². The van der Waals surface area contributed by atoms with Crippen LogP contribution in [0.2, 0.25) is 0 Å². The van der Waals surface area contributed by atoms with Crippen molar-refractivity contribution in [1.29, 1.82) is 0 Å². The van der Waals surface area contributed by atoms with Crippen LogP contribution >= 0.6 is 0 Å². The average Bonchev–Trinajstić information content (AvgIpc) is 1.86. The minimum atomic E-state index is -1.61. The fourth-order valence-corrected chi connectivity index (χ4v) is 0.779. The maximum absolute atomic E-state index is 8.66. The molecule has 0 aliphatic heterocycles. The Hall–Kier alpha value is -0.290. The Morgan fingerprint density at radius 3 is 2.09 bits per heavy atom. The Kier molecular flexibility index (Phi) is 5.23. The zero-order valence-electron chi connectivity index (χ0n) is 6.44. The summed E-state index contributed by atoms with van der Waals surface area (Å²) >= 11 is 0. The summed E-state index contributed by atoms with van der Waals surface area (Å²) in [7, 11) is -3.20. The first-order valence-corrected chi connectivity index (χ1v) is 3.50. The minimum absolute atomic E-state index is 0.238. The highest BCUT2D eigenvalue weighted by atomic mass is 16.4. The second-order valence-electron chi connectivity index (χ2n) is 2.28. The monoisotopic (exact) mass is 158 g/mol. The van der Waals surface area contributed by atoms with Gasteiger partial charge in [0.25, 0.3) is 0 Å². The molecule has 6 heteroatoms. The second-order valence-corrected chi connectivity index (χ2v) is 2.28. The summed E-state index contributed by atoms with van der Waals surface area (Å²) in [6, 6.07) is 0. The molecule has 0 radical (unpaired) electrons. The first kappa shape index (κ1) is 10.7. The highest BCUT2D eigenvalue weighted by Gasteiger charge is 2.16. The van der Waals surface area contributed by atoms with Gasteiger partial charge in [-0.15, -0.1) is 0 Å². The van der Waals surface area contributed by atoms with Gasteiger partial charge in [0.1, 0.15) is 0 Å². The van der Waals surface area contributed by atoms with Crippen molar-refractivity contribution in [2.75, 3.05) is 0 Å². The maximum atomic E-state index is 8.66. The fraction of sp³-hybridized carbons (Fsp3) is 0.600. The number of hydrogen-bond acceptors (Lipinski definition) is 4. The van der Waals surface area contributed by atoms with Crippen LogP contribution in [0.4, 0.5) is 0 Å². The van der Waals surface area contributed by atoms with E-state index in [0.717, 1.165) is 12.4 Å². The van der Waals surface area contributed by atoms with E-state index in [9.17, 15) is 0 Å². The lowest BCUT2D eigenvalue weighted by Gasteiger charge is -2.03. The van der Waals surface area contributed by atoms with Crippen LogP contribution in [0.5, 0.6) is 0 Å². The second kappa shape index (κ2) is 5.37. The molecule has 0 aromatic carbocycles. The normalized spacial score (nSPS) is 11.5. The summed E-state index contributed by atoms with van der Waals surface area (Å²) in [4.78, 5) is 0. The van der Waals surface area contributed by atoms with E-state index in [2.05, 4.69) is 0 Å². The third kappa shape index (κ3) is 5.03. The molecule has 4 nitrogen and oxygen atoms in total. The molecule has 0 aliphatic rings. The van der Waals surface area contributed by atoms with Crippen molar-refractivity contribution in [2.45, 2.75) is 19.8 Å². The Bertz CT molecular complexity index is 134. The molecule has 0 saturated heterocycles. The molecule has 0 aromatic heterocycles. The van der Waals surface area contributed by atoms with Gasteiger partial charge in [0, 0.05) is 0 Å². The molecule has 0 amide bonds. The van der Waals surface area contributed by atoms with Crippen LogP contribution in [-0.2, 0) is 0 Å². The van der Waals surface area contributed by atoms with Crippen molar-refractivity contribution in [3.63, 3.8) is 0 Å². The van der Waals surface area contributed by atoms with Gasteiger partial charge in [-0.1, -0.05) is 19.3 Å². The van der Waals surface area contributed by atoms with E-state index in [-0.39, 0.29) is 5.47 Å². The SMILES string of the molecule is CCC/C(=C/B(O)O)B(O)O. The lowest BCUT2D eigenvalue weighted by molar-refractivity contribution is 0.410. The predicted octanol–water partition coefficient (Wildman–Crippen LogP) is -1.26. The molecule has 0 bridgehead atoms. The Labute approximate surface area is 66.5 Å². The van der Waals surface area contributed by atoms with Gasteiger partial charge < -0.3 is 20.1 Å². The number of hydrogen-bond donors (Lipinski definition) is 4. The Morgan fingerprint density at radius 1 is 1.27 bits per heavy atom. The molecular weight excluding hydrogens is 146 g/mol. The molecule has 0 heterocycles. The zero-order chi connectivity index (χ0) is 8.85. The highest BCUT2D eigenvalue weighted by molar-refractivity contribution is 6.56. The van der Waals surface area contributed by atoms with Crippen molar-refractivity contribution in [2.24, 2.45) is 0 Å². The minimum Gasteiger partial charge on any atom is -0.424 e. The lowest BCUT2D eigenvalue weighted by atomic mass is 9.70. The molecule has 11 heavy (non-hydrogen) atoms. The van der Waals surface area contributed by atoms with Crippen LogP contribution in [0.1, 0.15) is 19.8 Å². The van der Waals surface area contributed by atoms with Gasteiger partial charge >= 0.3 is 14.2 Å². The van der Waals surface area contributed by atoms with Crippen LogP contribution in [0.15, 0.2) is 11.4 Å². The topological polar surface area (TPSA) is 80.9 Å². The van der Waals surface area contributed by atoms with Crippen molar-refractivity contribution in [1.82, 2.24) is 0 Å². The number of allylic oxidation sites excluding steroid dienone is 1. The third-order valence-corrected chi connectivity index (χ3v) is 1.23. The summed E-state index contributed by atoms with van der Waals surface area (Å²) < 4.78 is 0. The average molecular weight is 158 g/mol. The molecular formula is C5H12B2O4. The van der Waals surface area contributed by atoms with Crippen LogP contribution in [-0.4, -0.2) is 34.3 Å². The summed E-state index contributed by atoms with van der Waals surface area (Å²) in [6.07, 6.45) is 1.19. The summed E-state index contributed by atoms with van der Waals surface area (Å²) in [5.74, 6) is 1.02. The zero-order valence-corrected chi connectivity index (χ0v) is 6.44. The Balaban J connectivity index is 4.08. The fourth-order valence-electron chi connectivity index (χ4n) is 0.779. The van der Waals surface area contributed by atoms with E-state index in [0.29, 0.717) is 6.42 Å². The molecule has 0 aliphatic carbocycles. The van der Waals surface area contributed by atoms with E-state index in [1.165, 1.54) is 0 Å². The molecule has 4 N–H and O–H groups in total. The van der Waals surface area contributed by atoms with Gasteiger partial charge in [0.2, 0.25) is 0 Å². The smallest absolute Gasteiger partial charge is 0.424 e.